The minimum absolute atomic E-state index is 0.0192. The Bertz CT molecular complexity index is 1100. The van der Waals surface area contributed by atoms with Gasteiger partial charge in [0.2, 0.25) is 5.91 Å². The van der Waals surface area contributed by atoms with Crippen molar-refractivity contribution in [3.05, 3.63) is 0 Å². The van der Waals surface area contributed by atoms with Crippen molar-refractivity contribution in [3.63, 3.8) is 0 Å². The van der Waals surface area contributed by atoms with E-state index in [2.05, 4.69) is 19.2 Å². The van der Waals surface area contributed by atoms with Crippen LogP contribution in [0, 0.1) is 0 Å². The summed E-state index contributed by atoms with van der Waals surface area (Å²) in [6.45, 7) is 5.00. The predicted octanol–water partition coefficient (Wildman–Crippen LogP) is 22.6. The second-order valence-electron chi connectivity index (χ2n) is 24.6. The summed E-state index contributed by atoms with van der Waals surface area (Å²) >= 11 is 0. The van der Waals surface area contributed by atoms with Crippen LogP contribution in [0.15, 0.2) is 0 Å². The molecule has 0 rings (SSSR count). The molecule has 0 aliphatic carbocycles. The minimum Gasteiger partial charge on any atom is -0.466 e. The van der Waals surface area contributed by atoms with Crippen LogP contribution in [0.4, 0.5) is 0 Å². The SMILES string of the molecule is CCCCCCCCCCCCCCCCCCCCCCCC(O)C(CO)NC(=O)CCCCCCCCCCCCCCCCCCCCCCCCCCOC(=O)CCCCCCCCCCCCCCCC. The first-order valence-electron chi connectivity index (χ1n) is 35.3. The highest BCUT2D eigenvalue weighted by atomic mass is 16.5. The van der Waals surface area contributed by atoms with Crippen LogP contribution in [0.2, 0.25) is 0 Å². The molecule has 2 atom stereocenters. The number of hydrogen-bond acceptors (Lipinski definition) is 5. The second kappa shape index (κ2) is 66.4. The number of ether oxygens (including phenoxy) is 1. The molecule has 0 saturated heterocycles. The topological polar surface area (TPSA) is 95.9 Å². The summed E-state index contributed by atoms with van der Waals surface area (Å²) in [6.07, 6.45) is 80.0. The number of carbonyl (C=O) groups excluding carboxylic acids is 2. The smallest absolute Gasteiger partial charge is 0.305 e. The van der Waals surface area contributed by atoms with Crippen molar-refractivity contribution in [2.45, 2.75) is 424 Å². The number of carbonyl (C=O) groups is 2. The van der Waals surface area contributed by atoms with Crippen LogP contribution in [-0.2, 0) is 14.3 Å². The molecule has 3 N–H and O–H groups in total. The molecule has 76 heavy (non-hydrogen) atoms. The quantitative estimate of drug-likeness (QED) is 0.0417. The number of unbranched alkanes of at least 4 members (excludes halogenated alkanes) is 56. The summed E-state index contributed by atoms with van der Waals surface area (Å²) in [6, 6.07) is -0.540. The highest BCUT2D eigenvalue weighted by Gasteiger charge is 2.20. The van der Waals surface area contributed by atoms with E-state index in [0.29, 0.717) is 25.9 Å². The Morgan fingerprint density at radius 2 is 0.539 bits per heavy atom. The van der Waals surface area contributed by atoms with Gasteiger partial charge in [-0.05, 0) is 25.7 Å². The molecule has 0 aromatic rings. The Hall–Kier alpha value is -1.14. The third-order valence-corrected chi connectivity index (χ3v) is 16.9. The van der Waals surface area contributed by atoms with Gasteiger partial charge in [0.15, 0.2) is 0 Å². The number of nitrogens with one attached hydrogen (secondary N) is 1. The molecule has 454 valence electrons. The van der Waals surface area contributed by atoms with Gasteiger partial charge in [0.25, 0.3) is 0 Å². The van der Waals surface area contributed by atoms with E-state index in [1.54, 1.807) is 0 Å². The average Bonchev–Trinajstić information content (AvgIpc) is 3.42. The van der Waals surface area contributed by atoms with Crippen LogP contribution >= 0.6 is 0 Å². The number of esters is 1. The molecule has 0 aromatic heterocycles. The van der Waals surface area contributed by atoms with E-state index in [9.17, 15) is 19.8 Å². The zero-order valence-corrected chi connectivity index (χ0v) is 52.0. The van der Waals surface area contributed by atoms with Gasteiger partial charge in [-0.3, -0.25) is 9.59 Å². The summed E-state index contributed by atoms with van der Waals surface area (Å²) in [4.78, 5) is 24.6. The Kier molecular flexibility index (Phi) is 65.4. The maximum atomic E-state index is 12.5. The van der Waals surface area contributed by atoms with Gasteiger partial charge in [0.05, 0.1) is 25.4 Å². The van der Waals surface area contributed by atoms with E-state index < -0.39 is 12.1 Å². The molecule has 0 fully saturated rings. The fraction of sp³-hybridized carbons (Fsp3) is 0.971. The molecule has 0 saturated carbocycles. The van der Waals surface area contributed by atoms with Crippen LogP contribution in [0.25, 0.3) is 0 Å². The van der Waals surface area contributed by atoms with Crippen molar-refractivity contribution >= 4 is 11.9 Å². The molecule has 0 heterocycles. The number of aliphatic hydroxyl groups excluding tert-OH is 2. The Morgan fingerprint density at radius 3 is 0.803 bits per heavy atom. The molecule has 0 aliphatic heterocycles. The maximum absolute atomic E-state index is 12.5. The van der Waals surface area contributed by atoms with E-state index in [1.165, 1.54) is 340 Å². The molecular weight excluding hydrogens is 935 g/mol. The van der Waals surface area contributed by atoms with Gasteiger partial charge in [-0.15, -0.1) is 0 Å². The lowest BCUT2D eigenvalue weighted by Crippen LogP contribution is -2.45. The van der Waals surface area contributed by atoms with Crippen molar-refractivity contribution in [1.29, 1.82) is 0 Å². The van der Waals surface area contributed by atoms with Gasteiger partial charge in [-0.25, -0.2) is 0 Å². The molecule has 1 amide bonds. The largest absolute Gasteiger partial charge is 0.466 e. The predicted molar refractivity (Wildman–Crippen MR) is 334 cm³/mol. The zero-order chi connectivity index (χ0) is 55.0. The van der Waals surface area contributed by atoms with Gasteiger partial charge in [-0.1, -0.05) is 373 Å². The van der Waals surface area contributed by atoms with Crippen molar-refractivity contribution in [2.75, 3.05) is 13.2 Å². The van der Waals surface area contributed by atoms with Gasteiger partial charge >= 0.3 is 5.97 Å². The molecule has 2 unspecified atom stereocenters. The molecule has 0 aliphatic rings. The molecular formula is C70H139NO5. The van der Waals surface area contributed by atoms with Crippen LogP contribution in [0.1, 0.15) is 412 Å². The van der Waals surface area contributed by atoms with Crippen molar-refractivity contribution < 1.29 is 24.5 Å². The first kappa shape index (κ1) is 74.9. The Balaban J connectivity index is 3.35. The van der Waals surface area contributed by atoms with Gasteiger partial charge in [-0.2, -0.15) is 0 Å². The molecule has 6 heteroatoms. The van der Waals surface area contributed by atoms with Crippen LogP contribution in [-0.4, -0.2) is 47.4 Å². The number of aliphatic hydroxyl groups is 2. The fourth-order valence-electron chi connectivity index (χ4n) is 11.5. The summed E-state index contributed by atoms with van der Waals surface area (Å²) in [5.41, 5.74) is 0. The molecule has 0 radical (unpaired) electrons. The molecule has 0 bridgehead atoms. The average molecular weight is 1070 g/mol. The first-order valence-corrected chi connectivity index (χ1v) is 35.3. The van der Waals surface area contributed by atoms with Crippen LogP contribution in [0.5, 0.6) is 0 Å². The number of rotatable bonds is 67. The minimum atomic E-state index is -0.663. The van der Waals surface area contributed by atoms with Gasteiger partial charge < -0.3 is 20.3 Å². The number of amides is 1. The monoisotopic (exact) mass is 1070 g/mol. The normalized spacial score (nSPS) is 12.4. The van der Waals surface area contributed by atoms with E-state index in [4.69, 9.17) is 4.74 Å². The highest BCUT2D eigenvalue weighted by molar-refractivity contribution is 5.76. The van der Waals surface area contributed by atoms with E-state index in [-0.39, 0.29) is 18.5 Å². The summed E-state index contributed by atoms with van der Waals surface area (Å²) in [5.74, 6) is -0.00914. The van der Waals surface area contributed by atoms with Crippen LogP contribution in [0.3, 0.4) is 0 Å². The summed E-state index contributed by atoms with van der Waals surface area (Å²) in [7, 11) is 0. The number of hydrogen-bond donors (Lipinski definition) is 3. The van der Waals surface area contributed by atoms with Crippen LogP contribution < -0.4 is 5.32 Å². The molecule has 0 spiro atoms. The Labute approximate surface area is 476 Å². The van der Waals surface area contributed by atoms with Crippen molar-refractivity contribution in [3.8, 4) is 0 Å². The second-order valence-corrected chi connectivity index (χ2v) is 24.6. The third-order valence-electron chi connectivity index (χ3n) is 16.9. The standard InChI is InChI=1S/C70H139NO5/c1-3-5-7-9-11-13-15-17-19-20-21-26-29-32-35-38-42-46-50-54-58-62-68(73)67(66-72)71-69(74)63-59-55-51-47-43-39-36-33-30-27-24-22-23-25-28-31-34-37-41-45-49-53-57-61-65-76-70(75)64-60-56-52-48-44-40-18-16-14-12-10-8-6-4-2/h67-68,72-73H,3-66H2,1-2H3,(H,71,74). The molecule has 6 nitrogen and oxygen atoms in total. The third kappa shape index (κ3) is 62.1. The van der Waals surface area contributed by atoms with E-state index in [0.717, 1.165) is 38.5 Å². The fourth-order valence-corrected chi connectivity index (χ4v) is 11.5. The van der Waals surface area contributed by atoms with Crippen molar-refractivity contribution in [2.24, 2.45) is 0 Å². The summed E-state index contributed by atoms with van der Waals surface area (Å²) in [5, 5.41) is 23.4. The lowest BCUT2D eigenvalue weighted by molar-refractivity contribution is -0.143. The first-order chi connectivity index (χ1) is 37.5. The van der Waals surface area contributed by atoms with Gasteiger partial charge in [0, 0.05) is 12.8 Å². The Morgan fingerprint density at radius 1 is 0.316 bits per heavy atom. The maximum Gasteiger partial charge on any atom is 0.305 e. The van der Waals surface area contributed by atoms with Gasteiger partial charge in [0.1, 0.15) is 0 Å². The van der Waals surface area contributed by atoms with Crippen molar-refractivity contribution in [1.82, 2.24) is 5.32 Å². The summed E-state index contributed by atoms with van der Waals surface area (Å²) < 4.78 is 5.49. The lowest BCUT2D eigenvalue weighted by atomic mass is 10.0. The van der Waals surface area contributed by atoms with E-state index in [1.807, 2.05) is 0 Å². The molecule has 0 aromatic carbocycles. The lowest BCUT2D eigenvalue weighted by Gasteiger charge is -2.22. The highest BCUT2D eigenvalue weighted by Crippen LogP contribution is 2.20. The zero-order valence-electron chi connectivity index (χ0n) is 52.0. The van der Waals surface area contributed by atoms with E-state index >= 15 is 0 Å².